The number of anilines is 2. The molecule has 0 saturated carbocycles. The highest BCUT2D eigenvalue weighted by molar-refractivity contribution is 5.59. The smallest absolute Gasteiger partial charge is 0.271 e. The van der Waals surface area contributed by atoms with Crippen molar-refractivity contribution in [1.82, 2.24) is 9.97 Å². The monoisotopic (exact) mass is 480 g/mol. The molecule has 0 radical (unpaired) electrons. The molecular formula is C29H28N4O3. The van der Waals surface area contributed by atoms with Gasteiger partial charge in [0, 0.05) is 48.2 Å². The minimum absolute atomic E-state index is 0.0824. The quantitative estimate of drug-likeness (QED) is 0.370. The molecule has 1 saturated heterocycles. The largest absolute Gasteiger partial charge is 0.456 e. The minimum atomic E-state index is -0.183. The maximum atomic E-state index is 12.3. The first-order valence-corrected chi connectivity index (χ1v) is 12.3. The Labute approximate surface area is 209 Å². The van der Waals surface area contributed by atoms with Crippen molar-refractivity contribution in [2.45, 2.75) is 26.0 Å². The number of benzene rings is 2. The van der Waals surface area contributed by atoms with Crippen LogP contribution < -0.4 is 20.5 Å². The highest BCUT2D eigenvalue weighted by Gasteiger charge is 2.29. The predicted molar refractivity (Wildman–Crippen MR) is 140 cm³/mol. The summed E-state index contributed by atoms with van der Waals surface area (Å²) in [5, 5.41) is 3.48. The fourth-order valence-corrected chi connectivity index (χ4v) is 4.97. The number of para-hydroxylation sites is 1. The summed E-state index contributed by atoms with van der Waals surface area (Å²) in [6.07, 6.45) is 2.26. The van der Waals surface area contributed by atoms with E-state index in [0.717, 1.165) is 51.7 Å². The molecule has 2 aliphatic rings. The van der Waals surface area contributed by atoms with Gasteiger partial charge in [0.25, 0.3) is 5.56 Å². The predicted octanol–water partition coefficient (Wildman–Crippen LogP) is 4.96. The van der Waals surface area contributed by atoms with Gasteiger partial charge in [0.05, 0.1) is 18.8 Å². The second kappa shape index (κ2) is 9.51. The molecule has 6 rings (SSSR count). The highest BCUT2D eigenvalue weighted by atomic mass is 16.5. The van der Waals surface area contributed by atoms with Crippen LogP contribution in [0.3, 0.4) is 0 Å². The molecule has 1 fully saturated rings. The third kappa shape index (κ3) is 4.45. The van der Waals surface area contributed by atoms with Crippen molar-refractivity contribution in [2.24, 2.45) is 0 Å². The van der Waals surface area contributed by atoms with Crippen molar-refractivity contribution in [3.63, 3.8) is 0 Å². The molecule has 2 N–H and O–H groups in total. The number of aromatic nitrogens is 2. The number of aryl methyl sites for hydroxylation is 1. The van der Waals surface area contributed by atoms with Crippen LogP contribution in [0.5, 0.6) is 11.5 Å². The van der Waals surface area contributed by atoms with Crippen LogP contribution in [0.25, 0.3) is 0 Å². The summed E-state index contributed by atoms with van der Waals surface area (Å²) in [4.78, 5) is 21.8. The van der Waals surface area contributed by atoms with E-state index < -0.39 is 0 Å². The van der Waals surface area contributed by atoms with E-state index in [2.05, 4.69) is 44.5 Å². The Balaban J connectivity index is 1.21. The average Bonchev–Trinajstić information content (AvgIpc) is 2.91. The summed E-state index contributed by atoms with van der Waals surface area (Å²) < 4.78 is 12.6. The Morgan fingerprint density at radius 3 is 2.89 bits per heavy atom. The lowest BCUT2D eigenvalue weighted by Crippen LogP contribution is -2.41. The second-order valence-electron chi connectivity index (χ2n) is 9.25. The van der Waals surface area contributed by atoms with Gasteiger partial charge in [-0.25, -0.2) is 0 Å². The van der Waals surface area contributed by atoms with Crippen molar-refractivity contribution in [2.75, 3.05) is 29.9 Å². The van der Waals surface area contributed by atoms with E-state index in [4.69, 9.17) is 9.47 Å². The van der Waals surface area contributed by atoms with Gasteiger partial charge in [-0.15, -0.1) is 0 Å². The maximum Gasteiger partial charge on any atom is 0.271 e. The summed E-state index contributed by atoms with van der Waals surface area (Å²) in [6, 6.07) is 22.2. The van der Waals surface area contributed by atoms with Crippen molar-refractivity contribution in [3.05, 3.63) is 111 Å². The van der Waals surface area contributed by atoms with Gasteiger partial charge in [-0.2, -0.15) is 0 Å². The second-order valence-corrected chi connectivity index (χ2v) is 9.25. The first kappa shape index (κ1) is 22.4. The molecule has 36 heavy (non-hydrogen) atoms. The number of ether oxygens (including phenoxy) is 2. The molecule has 2 aromatic carbocycles. The number of nitrogens with one attached hydrogen (secondary N) is 2. The number of hydrogen-bond donors (Lipinski definition) is 2. The standard InChI is InChI=1S/C29H28N4O3/c1-19-5-2-7-23(32-19)17-31-22-10-11-26-21(16-22)15-20-6-3-8-24(28(20)36-26)27-18-33(13-14-35-27)25-9-4-12-30-29(25)34/h2-12,16,27,31H,13-15,17-18H2,1H3,(H,30,34). The molecule has 1 unspecified atom stereocenters. The van der Waals surface area contributed by atoms with Crippen LogP contribution in [0.1, 0.15) is 34.2 Å². The van der Waals surface area contributed by atoms with Gasteiger partial charge in [0.1, 0.15) is 23.3 Å². The Bertz CT molecular complexity index is 1470. The molecule has 4 heterocycles. The molecule has 7 nitrogen and oxygen atoms in total. The number of H-pyrrole nitrogens is 1. The number of morpholine rings is 1. The summed E-state index contributed by atoms with van der Waals surface area (Å²) in [6.45, 7) is 4.49. The van der Waals surface area contributed by atoms with Crippen LogP contribution in [0.15, 0.2) is 77.7 Å². The van der Waals surface area contributed by atoms with E-state index in [1.165, 1.54) is 0 Å². The molecule has 1 atom stereocenters. The van der Waals surface area contributed by atoms with Crippen LogP contribution in [0, 0.1) is 6.92 Å². The third-order valence-corrected chi connectivity index (χ3v) is 6.75. The molecule has 0 bridgehead atoms. The van der Waals surface area contributed by atoms with Gasteiger partial charge in [0.15, 0.2) is 0 Å². The van der Waals surface area contributed by atoms with Gasteiger partial charge in [-0.1, -0.05) is 24.3 Å². The fourth-order valence-electron chi connectivity index (χ4n) is 4.97. The topological polar surface area (TPSA) is 79.5 Å². The van der Waals surface area contributed by atoms with Gasteiger partial charge >= 0.3 is 0 Å². The molecule has 2 aliphatic heterocycles. The van der Waals surface area contributed by atoms with Gasteiger partial charge in [0.2, 0.25) is 0 Å². The van der Waals surface area contributed by atoms with Crippen LogP contribution in [0.4, 0.5) is 11.4 Å². The molecule has 7 heteroatoms. The molecular weight excluding hydrogens is 452 g/mol. The number of pyridine rings is 2. The SMILES string of the molecule is Cc1cccc(CNc2ccc3c(c2)Cc2cccc(C4CN(c5ccc[nH]c5=O)CCO4)c2O3)n1. The Kier molecular flexibility index (Phi) is 5.91. The highest BCUT2D eigenvalue weighted by Crippen LogP contribution is 2.43. The van der Waals surface area contributed by atoms with Gasteiger partial charge in [-0.3, -0.25) is 9.78 Å². The molecule has 182 valence electrons. The molecule has 0 amide bonds. The zero-order valence-corrected chi connectivity index (χ0v) is 20.2. The summed E-state index contributed by atoms with van der Waals surface area (Å²) >= 11 is 0. The molecule has 4 aromatic rings. The molecule has 0 aliphatic carbocycles. The molecule has 2 aromatic heterocycles. The Morgan fingerprint density at radius 1 is 1.08 bits per heavy atom. The number of nitrogens with zero attached hydrogens (tertiary/aromatic N) is 2. The van der Waals surface area contributed by atoms with Gasteiger partial charge in [-0.05, 0) is 55.0 Å². The summed E-state index contributed by atoms with van der Waals surface area (Å²) in [7, 11) is 0. The number of aromatic amines is 1. The number of fused-ring (bicyclic) bond motifs is 2. The lowest BCUT2D eigenvalue weighted by Gasteiger charge is -2.35. The van der Waals surface area contributed by atoms with Crippen LogP contribution >= 0.6 is 0 Å². The van der Waals surface area contributed by atoms with E-state index in [0.29, 0.717) is 31.9 Å². The van der Waals surface area contributed by atoms with Crippen molar-refractivity contribution in [3.8, 4) is 11.5 Å². The van der Waals surface area contributed by atoms with E-state index in [1.54, 1.807) is 6.20 Å². The van der Waals surface area contributed by atoms with E-state index in [1.807, 2.05) is 49.4 Å². The van der Waals surface area contributed by atoms with E-state index >= 15 is 0 Å². The maximum absolute atomic E-state index is 12.3. The zero-order chi connectivity index (χ0) is 24.5. The molecule has 0 spiro atoms. The zero-order valence-electron chi connectivity index (χ0n) is 20.2. The van der Waals surface area contributed by atoms with Gasteiger partial charge < -0.3 is 24.7 Å². The Hall–Kier alpha value is -4.10. The summed E-state index contributed by atoms with van der Waals surface area (Å²) in [5.74, 6) is 1.73. The number of hydrogen-bond acceptors (Lipinski definition) is 6. The first-order chi connectivity index (χ1) is 17.6. The lowest BCUT2D eigenvalue weighted by atomic mass is 9.95. The van der Waals surface area contributed by atoms with Crippen LogP contribution in [0.2, 0.25) is 0 Å². The minimum Gasteiger partial charge on any atom is -0.456 e. The van der Waals surface area contributed by atoms with Crippen LogP contribution in [-0.2, 0) is 17.7 Å². The number of rotatable bonds is 5. The summed E-state index contributed by atoms with van der Waals surface area (Å²) in [5.41, 5.74) is 6.95. The fraction of sp³-hybridized carbons (Fsp3) is 0.241. The van der Waals surface area contributed by atoms with E-state index in [-0.39, 0.29) is 11.7 Å². The lowest BCUT2D eigenvalue weighted by molar-refractivity contribution is 0.0383. The van der Waals surface area contributed by atoms with E-state index in [9.17, 15) is 4.79 Å². The Morgan fingerprint density at radius 2 is 2.00 bits per heavy atom. The third-order valence-electron chi connectivity index (χ3n) is 6.75. The van der Waals surface area contributed by atoms with Crippen LogP contribution in [-0.4, -0.2) is 29.7 Å². The van der Waals surface area contributed by atoms with Crippen molar-refractivity contribution < 1.29 is 9.47 Å². The average molecular weight is 481 g/mol. The normalized spacial score (nSPS) is 16.6. The first-order valence-electron chi connectivity index (χ1n) is 12.3. The van der Waals surface area contributed by atoms with Crippen molar-refractivity contribution >= 4 is 11.4 Å². The van der Waals surface area contributed by atoms with Crippen molar-refractivity contribution in [1.29, 1.82) is 0 Å².